The molecule has 5 aromatic rings. The average molecular weight is 456 g/mol. The monoisotopic (exact) mass is 455 g/mol. The first-order valence-electron chi connectivity index (χ1n) is 10.4. The summed E-state index contributed by atoms with van der Waals surface area (Å²) in [5.41, 5.74) is 3.80. The minimum Gasteiger partial charge on any atom is -0.467 e. The van der Waals surface area contributed by atoms with Crippen LogP contribution in [0.15, 0.2) is 105 Å². The van der Waals surface area contributed by atoms with Crippen molar-refractivity contribution in [3.8, 4) is 11.3 Å². The number of aryl methyl sites for hydroxylation is 1. The maximum Gasteiger partial charge on any atom is 0.292 e. The van der Waals surface area contributed by atoms with E-state index in [0.29, 0.717) is 11.5 Å². The van der Waals surface area contributed by atoms with Crippen molar-refractivity contribution in [2.45, 2.75) is 13.5 Å². The first-order valence-corrected chi connectivity index (χ1v) is 11.3. The van der Waals surface area contributed by atoms with Crippen LogP contribution in [0, 0.1) is 6.92 Å². The summed E-state index contributed by atoms with van der Waals surface area (Å²) in [5.74, 6) is 0.725. The van der Waals surface area contributed by atoms with Crippen LogP contribution in [-0.4, -0.2) is 10.5 Å². The molecule has 5 rings (SSSR count). The Morgan fingerprint density at radius 1 is 0.939 bits per heavy atom. The fourth-order valence-corrected chi connectivity index (χ4v) is 4.54. The molecule has 3 aromatic heterocycles. The second-order valence-electron chi connectivity index (χ2n) is 7.47. The van der Waals surface area contributed by atoms with E-state index in [1.807, 2.05) is 61.5 Å². The van der Waals surface area contributed by atoms with Crippen molar-refractivity contribution in [1.29, 1.82) is 0 Å². The highest BCUT2D eigenvalue weighted by Gasteiger charge is 2.20. The standard InChI is InChI=1S/C26H21N3O3S/c1-18-11-13-19(14-12-18)23-25(28-24(30)22-10-6-16-32-22)33-26(27-20-7-3-2-4-8-20)29(23)17-21-9-5-15-31-21/h2-16H,17H2,1H3,(H,28,30). The molecule has 0 unspecified atom stereocenters. The third-order valence-electron chi connectivity index (χ3n) is 5.08. The molecule has 0 aliphatic heterocycles. The maximum atomic E-state index is 12.9. The maximum absolute atomic E-state index is 12.9. The molecule has 0 aliphatic carbocycles. The van der Waals surface area contributed by atoms with E-state index in [1.54, 1.807) is 18.4 Å². The molecule has 2 aromatic carbocycles. The van der Waals surface area contributed by atoms with E-state index < -0.39 is 0 Å². The van der Waals surface area contributed by atoms with Gasteiger partial charge in [-0.2, -0.15) is 0 Å². The number of nitrogens with one attached hydrogen (secondary N) is 1. The van der Waals surface area contributed by atoms with Crippen molar-refractivity contribution < 1.29 is 13.6 Å². The Hall–Kier alpha value is -4.10. The van der Waals surface area contributed by atoms with Gasteiger partial charge in [-0.3, -0.25) is 4.79 Å². The predicted molar refractivity (Wildman–Crippen MR) is 129 cm³/mol. The third-order valence-corrected chi connectivity index (χ3v) is 6.08. The topological polar surface area (TPSA) is 72.7 Å². The van der Waals surface area contributed by atoms with E-state index in [9.17, 15) is 4.79 Å². The second kappa shape index (κ2) is 9.18. The van der Waals surface area contributed by atoms with Gasteiger partial charge in [-0.25, -0.2) is 4.99 Å². The lowest BCUT2D eigenvalue weighted by Gasteiger charge is -2.11. The van der Waals surface area contributed by atoms with Crippen molar-refractivity contribution in [2.24, 2.45) is 4.99 Å². The second-order valence-corrected chi connectivity index (χ2v) is 8.45. The molecule has 0 bridgehead atoms. The summed E-state index contributed by atoms with van der Waals surface area (Å²) in [6.07, 6.45) is 3.14. The predicted octanol–water partition coefficient (Wildman–Crippen LogP) is 6.24. The van der Waals surface area contributed by atoms with Gasteiger partial charge in [0.15, 0.2) is 10.6 Å². The number of hydrogen-bond donors (Lipinski definition) is 1. The van der Waals surface area contributed by atoms with Crippen LogP contribution in [0.25, 0.3) is 11.3 Å². The van der Waals surface area contributed by atoms with Crippen LogP contribution < -0.4 is 10.1 Å². The minimum atomic E-state index is -0.314. The molecule has 7 heteroatoms. The summed E-state index contributed by atoms with van der Waals surface area (Å²) < 4.78 is 13.0. The van der Waals surface area contributed by atoms with E-state index in [4.69, 9.17) is 13.8 Å². The molecule has 3 heterocycles. The summed E-state index contributed by atoms with van der Waals surface area (Å²) in [6.45, 7) is 2.51. The van der Waals surface area contributed by atoms with Gasteiger partial charge in [0.25, 0.3) is 5.91 Å². The fourth-order valence-electron chi connectivity index (χ4n) is 3.47. The number of anilines is 1. The largest absolute Gasteiger partial charge is 0.467 e. The first-order chi connectivity index (χ1) is 16.2. The smallest absolute Gasteiger partial charge is 0.292 e. The first kappa shape index (κ1) is 20.8. The molecule has 1 amide bonds. The fraction of sp³-hybridized carbons (Fsp3) is 0.0769. The molecular formula is C26H21N3O3S. The molecule has 0 saturated heterocycles. The van der Waals surface area contributed by atoms with Gasteiger partial charge in [-0.1, -0.05) is 59.4 Å². The Balaban J connectivity index is 1.70. The normalized spacial score (nSPS) is 11.6. The molecule has 1 N–H and O–H groups in total. The van der Waals surface area contributed by atoms with Crippen LogP contribution in [0.5, 0.6) is 0 Å². The molecule has 6 nitrogen and oxygen atoms in total. The van der Waals surface area contributed by atoms with E-state index >= 15 is 0 Å². The number of benzene rings is 2. The Kier molecular flexibility index (Phi) is 5.78. The van der Waals surface area contributed by atoms with Crippen molar-refractivity contribution in [3.05, 3.63) is 113 Å². The van der Waals surface area contributed by atoms with Crippen molar-refractivity contribution >= 4 is 27.9 Å². The molecule has 0 spiro atoms. The third kappa shape index (κ3) is 4.58. The minimum absolute atomic E-state index is 0.248. The van der Waals surface area contributed by atoms with Crippen LogP contribution in [-0.2, 0) is 6.54 Å². The summed E-state index contributed by atoms with van der Waals surface area (Å²) in [5, 5.41) is 3.71. The number of rotatable bonds is 6. The van der Waals surface area contributed by atoms with Crippen LogP contribution in [0.3, 0.4) is 0 Å². The van der Waals surface area contributed by atoms with Crippen LogP contribution >= 0.6 is 11.3 Å². The number of hydrogen-bond acceptors (Lipinski definition) is 5. The molecule has 33 heavy (non-hydrogen) atoms. The van der Waals surface area contributed by atoms with Crippen LogP contribution in [0.1, 0.15) is 21.9 Å². The summed E-state index contributed by atoms with van der Waals surface area (Å²) in [6, 6.07) is 25.1. The van der Waals surface area contributed by atoms with E-state index in [1.165, 1.54) is 17.6 Å². The quantitative estimate of drug-likeness (QED) is 0.329. The molecule has 0 fully saturated rings. The Morgan fingerprint density at radius 3 is 2.39 bits per heavy atom. The van der Waals surface area contributed by atoms with Gasteiger partial charge in [-0.05, 0) is 43.3 Å². The molecule has 0 radical (unpaired) electrons. The number of para-hydroxylation sites is 1. The number of amides is 1. The molecule has 0 aliphatic rings. The molecule has 164 valence electrons. The summed E-state index contributed by atoms with van der Waals surface area (Å²) in [7, 11) is 0. The van der Waals surface area contributed by atoms with Crippen LogP contribution in [0.4, 0.5) is 10.7 Å². The van der Waals surface area contributed by atoms with Gasteiger partial charge in [0.05, 0.1) is 30.5 Å². The van der Waals surface area contributed by atoms with E-state index in [2.05, 4.69) is 22.0 Å². The molecule has 0 atom stereocenters. The van der Waals surface area contributed by atoms with Crippen molar-refractivity contribution in [3.63, 3.8) is 0 Å². The van der Waals surface area contributed by atoms with E-state index in [0.717, 1.165) is 33.1 Å². The lowest BCUT2D eigenvalue weighted by molar-refractivity contribution is 0.0997. The highest BCUT2D eigenvalue weighted by molar-refractivity contribution is 7.14. The van der Waals surface area contributed by atoms with Crippen molar-refractivity contribution in [1.82, 2.24) is 4.57 Å². The highest BCUT2D eigenvalue weighted by atomic mass is 32.1. The average Bonchev–Trinajstić information content (AvgIpc) is 3.59. The summed E-state index contributed by atoms with van der Waals surface area (Å²) in [4.78, 5) is 18.5. The number of carbonyl (C=O) groups excluding carboxylic acids is 1. The van der Waals surface area contributed by atoms with Crippen molar-refractivity contribution in [2.75, 3.05) is 5.32 Å². The Labute approximate surface area is 194 Å². The van der Waals surface area contributed by atoms with Gasteiger partial charge in [-0.15, -0.1) is 0 Å². The van der Waals surface area contributed by atoms with Gasteiger partial charge in [0.1, 0.15) is 10.8 Å². The highest BCUT2D eigenvalue weighted by Crippen LogP contribution is 2.32. The van der Waals surface area contributed by atoms with Gasteiger partial charge in [0.2, 0.25) is 0 Å². The zero-order valence-corrected chi connectivity index (χ0v) is 18.7. The number of aromatic nitrogens is 1. The summed E-state index contributed by atoms with van der Waals surface area (Å²) >= 11 is 1.41. The zero-order valence-electron chi connectivity index (χ0n) is 17.9. The number of nitrogens with zero attached hydrogens (tertiary/aromatic N) is 2. The van der Waals surface area contributed by atoms with Gasteiger partial charge < -0.3 is 18.7 Å². The van der Waals surface area contributed by atoms with Gasteiger partial charge in [0, 0.05) is 5.56 Å². The Bertz CT molecular complexity index is 1410. The SMILES string of the molecule is Cc1ccc(-c2c(NC(=O)c3ccco3)sc(=Nc3ccccc3)n2Cc2ccco2)cc1. The lowest BCUT2D eigenvalue weighted by Crippen LogP contribution is -2.17. The number of furan rings is 2. The van der Waals surface area contributed by atoms with E-state index in [-0.39, 0.29) is 11.7 Å². The number of thiazole rings is 1. The lowest BCUT2D eigenvalue weighted by atomic mass is 10.1. The van der Waals surface area contributed by atoms with Crippen LogP contribution in [0.2, 0.25) is 0 Å². The Morgan fingerprint density at radius 2 is 1.70 bits per heavy atom. The molecule has 0 saturated carbocycles. The zero-order chi connectivity index (χ0) is 22.6. The number of carbonyl (C=O) groups is 1. The molecular weight excluding hydrogens is 434 g/mol. The van der Waals surface area contributed by atoms with Gasteiger partial charge >= 0.3 is 0 Å².